The molecule has 0 aliphatic carbocycles. The molecule has 1 heterocycles. The number of carbonyl (C=O) groups is 1. The molecule has 0 radical (unpaired) electrons. The van der Waals surface area contributed by atoms with Crippen molar-refractivity contribution in [2.24, 2.45) is 7.05 Å². The summed E-state index contributed by atoms with van der Waals surface area (Å²) in [5.41, 5.74) is 0.384. The van der Waals surface area contributed by atoms with Gasteiger partial charge < -0.3 is 15.2 Å². The second-order valence-corrected chi connectivity index (χ2v) is 4.20. The van der Waals surface area contributed by atoms with Crippen molar-refractivity contribution < 1.29 is 14.6 Å². The van der Waals surface area contributed by atoms with Crippen LogP contribution >= 0.6 is 11.6 Å². The van der Waals surface area contributed by atoms with E-state index in [2.05, 4.69) is 10.4 Å². The molecule has 1 aromatic carbocycles. The summed E-state index contributed by atoms with van der Waals surface area (Å²) in [4.78, 5) is 11.2. The molecule has 2 rings (SSSR count). The minimum absolute atomic E-state index is 0.00814. The minimum Gasteiger partial charge on any atom is -0.481 e. The predicted octanol–water partition coefficient (Wildman–Crippen LogP) is 2.52. The lowest BCUT2D eigenvalue weighted by molar-refractivity contribution is 0.0698. The number of aromatic carboxylic acids is 1. The van der Waals surface area contributed by atoms with E-state index in [-0.39, 0.29) is 10.6 Å². The maximum Gasteiger partial charge on any atom is 0.339 e. The van der Waals surface area contributed by atoms with Crippen molar-refractivity contribution in [3.63, 3.8) is 0 Å². The van der Waals surface area contributed by atoms with E-state index >= 15 is 0 Å². The van der Waals surface area contributed by atoms with Gasteiger partial charge in [-0.1, -0.05) is 17.7 Å². The molecule has 0 saturated carbocycles. The van der Waals surface area contributed by atoms with Gasteiger partial charge in [-0.3, -0.25) is 0 Å². The molecular formula is C12H12ClN3O3. The van der Waals surface area contributed by atoms with Crippen LogP contribution in [0.4, 0.5) is 11.5 Å². The van der Waals surface area contributed by atoms with E-state index in [1.54, 1.807) is 25.2 Å². The molecule has 6 nitrogen and oxygen atoms in total. The zero-order valence-corrected chi connectivity index (χ0v) is 11.1. The van der Waals surface area contributed by atoms with Crippen LogP contribution in [0.15, 0.2) is 24.3 Å². The highest BCUT2D eigenvalue weighted by molar-refractivity contribution is 6.34. The summed E-state index contributed by atoms with van der Waals surface area (Å²) in [5, 5.41) is 16.4. The van der Waals surface area contributed by atoms with Gasteiger partial charge >= 0.3 is 5.97 Å². The third-order valence-electron chi connectivity index (χ3n) is 2.54. The molecule has 0 spiro atoms. The number of halogens is 1. The van der Waals surface area contributed by atoms with E-state index in [9.17, 15) is 4.79 Å². The van der Waals surface area contributed by atoms with Gasteiger partial charge in [-0.25, -0.2) is 9.48 Å². The number of methoxy groups -OCH3 is 1. The molecule has 0 bridgehead atoms. The highest BCUT2D eigenvalue weighted by Gasteiger charge is 2.15. The first kappa shape index (κ1) is 13.2. The normalized spacial score (nSPS) is 10.3. The van der Waals surface area contributed by atoms with E-state index in [0.717, 1.165) is 0 Å². The largest absolute Gasteiger partial charge is 0.481 e. The first-order valence-electron chi connectivity index (χ1n) is 5.39. The number of aromatic nitrogens is 2. The van der Waals surface area contributed by atoms with Crippen LogP contribution in [0.1, 0.15) is 10.4 Å². The SMILES string of the molecule is COc1cc(Nc2cccc(Cl)c2C(=O)O)nn1C. The molecule has 0 aliphatic rings. The van der Waals surface area contributed by atoms with Crippen LogP contribution in [0.2, 0.25) is 5.02 Å². The van der Waals surface area contributed by atoms with Gasteiger partial charge in [0.1, 0.15) is 5.56 Å². The molecule has 2 aromatic rings. The minimum atomic E-state index is -1.10. The van der Waals surface area contributed by atoms with Crippen molar-refractivity contribution in [2.45, 2.75) is 0 Å². The first-order chi connectivity index (χ1) is 9.02. The molecule has 1 aromatic heterocycles. The Morgan fingerprint density at radius 1 is 1.53 bits per heavy atom. The Morgan fingerprint density at radius 3 is 2.84 bits per heavy atom. The zero-order valence-electron chi connectivity index (χ0n) is 10.3. The summed E-state index contributed by atoms with van der Waals surface area (Å²) in [6, 6.07) is 6.47. The van der Waals surface area contributed by atoms with Crippen LogP contribution in [0, 0.1) is 0 Å². The van der Waals surface area contributed by atoms with Crippen LogP contribution in [0.5, 0.6) is 5.88 Å². The number of carboxylic acid groups (broad SMARTS) is 1. The molecule has 100 valence electrons. The average molecular weight is 282 g/mol. The Labute approximate surface area is 114 Å². The topological polar surface area (TPSA) is 76.4 Å². The fourth-order valence-electron chi connectivity index (χ4n) is 1.69. The Hall–Kier alpha value is -2.21. The Balaban J connectivity index is 2.37. The van der Waals surface area contributed by atoms with Crippen molar-refractivity contribution in [1.82, 2.24) is 9.78 Å². The molecule has 2 N–H and O–H groups in total. The second kappa shape index (κ2) is 5.19. The Bertz CT molecular complexity index is 625. The maximum absolute atomic E-state index is 11.2. The number of ether oxygens (including phenoxy) is 1. The summed E-state index contributed by atoms with van der Waals surface area (Å²) in [6.07, 6.45) is 0. The summed E-state index contributed by atoms with van der Waals surface area (Å²) in [5.74, 6) is -0.0680. The fraction of sp³-hybridized carbons (Fsp3) is 0.167. The molecular weight excluding hydrogens is 270 g/mol. The number of hydrogen-bond acceptors (Lipinski definition) is 4. The van der Waals surface area contributed by atoms with Crippen LogP contribution in [0.25, 0.3) is 0 Å². The lowest BCUT2D eigenvalue weighted by atomic mass is 10.2. The highest BCUT2D eigenvalue weighted by Crippen LogP contribution is 2.27. The number of carboxylic acids is 1. The first-order valence-corrected chi connectivity index (χ1v) is 5.77. The predicted molar refractivity (Wildman–Crippen MR) is 71.5 cm³/mol. The second-order valence-electron chi connectivity index (χ2n) is 3.79. The number of hydrogen-bond donors (Lipinski definition) is 2. The summed E-state index contributed by atoms with van der Waals surface area (Å²) >= 11 is 5.88. The van der Waals surface area contributed by atoms with Gasteiger partial charge in [-0.2, -0.15) is 5.10 Å². The fourth-order valence-corrected chi connectivity index (χ4v) is 1.94. The molecule has 0 amide bonds. The number of nitrogens with zero attached hydrogens (tertiary/aromatic N) is 2. The van der Waals surface area contributed by atoms with Crippen molar-refractivity contribution >= 4 is 29.1 Å². The van der Waals surface area contributed by atoms with E-state index in [1.807, 2.05) is 0 Å². The van der Waals surface area contributed by atoms with Gasteiger partial charge in [0, 0.05) is 13.1 Å². The molecule has 0 saturated heterocycles. The smallest absolute Gasteiger partial charge is 0.339 e. The van der Waals surface area contributed by atoms with E-state index in [1.165, 1.54) is 17.9 Å². The molecule has 0 unspecified atom stereocenters. The zero-order chi connectivity index (χ0) is 14.0. The van der Waals surface area contributed by atoms with Crippen LogP contribution in [-0.2, 0) is 7.05 Å². The molecule has 0 fully saturated rings. The van der Waals surface area contributed by atoms with Crippen molar-refractivity contribution in [2.75, 3.05) is 12.4 Å². The number of benzene rings is 1. The van der Waals surface area contributed by atoms with Crippen molar-refractivity contribution in [3.8, 4) is 5.88 Å². The molecule has 0 atom stereocenters. The molecule has 19 heavy (non-hydrogen) atoms. The number of aryl methyl sites for hydroxylation is 1. The summed E-state index contributed by atoms with van der Waals surface area (Å²) < 4.78 is 6.62. The number of nitrogens with one attached hydrogen (secondary N) is 1. The van der Waals surface area contributed by atoms with Gasteiger partial charge in [-0.15, -0.1) is 0 Å². The third-order valence-corrected chi connectivity index (χ3v) is 2.85. The number of rotatable bonds is 4. The lowest BCUT2D eigenvalue weighted by Crippen LogP contribution is -2.04. The maximum atomic E-state index is 11.2. The van der Waals surface area contributed by atoms with Crippen molar-refractivity contribution in [3.05, 3.63) is 34.9 Å². The van der Waals surface area contributed by atoms with Crippen molar-refractivity contribution in [1.29, 1.82) is 0 Å². The summed E-state index contributed by atoms with van der Waals surface area (Å²) in [7, 11) is 3.25. The molecule has 0 aliphatic heterocycles. The van der Waals surface area contributed by atoms with Crippen LogP contribution in [-0.4, -0.2) is 28.0 Å². The summed E-state index contributed by atoms with van der Waals surface area (Å²) in [6.45, 7) is 0. The van der Waals surface area contributed by atoms with Gasteiger partial charge in [0.05, 0.1) is 17.8 Å². The standard InChI is InChI=1S/C12H12ClN3O3/c1-16-10(19-2)6-9(15-16)14-8-5-3-4-7(13)11(8)12(17)18/h3-6H,1-2H3,(H,14,15)(H,17,18). The van der Waals surface area contributed by atoms with E-state index in [0.29, 0.717) is 17.4 Å². The Morgan fingerprint density at radius 2 is 2.26 bits per heavy atom. The van der Waals surface area contributed by atoms with Crippen LogP contribution < -0.4 is 10.1 Å². The lowest BCUT2D eigenvalue weighted by Gasteiger charge is -2.08. The van der Waals surface area contributed by atoms with E-state index < -0.39 is 5.97 Å². The van der Waals surface area contributed by atoms with Gasteiger partial charge in [0.2, 0.25) is 5.88 Å². The Kier molecular flexibility index (Phi) is 3.62. The highest BCUT2D eigenvalue weighted by atomic mass is 35.5. The number of anilines is 2. The third kappa shape index (κ3) is 2.63. The van der Waals surface area contributed by atoms with Gasteiger partial charge in [0.15, 0.2) is 5.82 Å². The van der Waals surface area contributed by atoms with Crippen LogP contribution in [0.3, 0.4) is 0 Å². The van der Waals surface area contributed by atoms with Gasteiger partial charge in [-0.05, 0) is 12.1 Å². The molecule has 7 heteroatoms. The monoisotopic (exact) mass is 281 g/mol. The van der Waals surface area contributed by atoms with Gasteiger partial charge in [0.25, 0.3) is 0 Å². The van der Waals surface area contributed by atoms with E-state index in [4.69, 9.17) is 21.4 Å². The quantitative estimate of drug-likeness (QED) is 0.900. The average Bonchev–Trinajstić information content (AvgIpc) is 2.69.